The van der Waals surface area contributed by atoms with Crippen LogP contribution in [0.15, 0.2) is 52.3 Å². The summed E-state index contributed by atoms with van der Waals surface area (Å²) < 4.78 is 54.9. The SMILES string of the molecule is Cc1ccc(C)c(S(=O)(=O)N2CCN(S(=O)(=O)c3ccc(CC(C)C)cc3)CC2)c1. The zero-order valence-electron chi connectivity index (χ0n) is 18.0. The molecule has 1 saturated heterocycles. The van der Waals surface area contributed by atoms with Gasteiger partial charge in [0.15, 0.2) is 0 Å². The van der Waals surface area contributed by atoms with Gasteiger partial charge in [0.05, 0.1) is 9.79 Å². The maximum absolute atomic E-state index is 13.1. The lowest BCUT2D eigenvalue weighted by Crippen LogP contribution is -2.50. The van der Waals surface area contributed by atoms with Crippen LogP contribution in [0.4, 0.5) is 0 Å². The van der Waals surface area contributed by atoms with E-state index in [9.17, 15) is 16.8 Å². The van der Waals surface area contributed by atoms with Crippen molar-refractivity contribution in [2.45, 2.75) is 43.9 Å². The van der Waals surface area contributed by atoms with Crippen molar-refractivity contribution in [2.75, 3.05) is 26.2 Å². The lowest BCUT2D eigenvalue weighted by molar-refractivity contribution is 0.272. The number of hydrogen-bond acceptors (Lipinski definition) is 4. The highest BCUT2D eigenvalue weighted by Gasteiger charge is 2.34. The van der Waals surface area contributed by atoms with Gasteiger partial charge >= 0.3 is 0 Å². The minimum Gasteiger partial charge on any atom is -0.207 e. The van der Waals surface area contributed by atoms with Crippen LogP contribution in [-0.2, 0) is 26.5 Å². The first-order valence-corrected chi connectivity index (χ1v) is 13.1. The molecule has 0 unspecified atom stereocenters. The molecule has 1 heterocycles. The number of sulfonamides is 2. The van der Waals surface area contributed by atoms with E-state index in [2.05, 4.69) is 13.8 Å². The van der Waals surface area contributed by atoms with Crippen molar-refractivity contribution in [1.82, 2.24) is 8.61 Å². The Labute approximate surface area is 180 Å². The van der Waals surface area contributed by atoms with Gasteiger partial charge in [-0.15, -0.1) is 0 Å². The van der Waals surface area contributed by atoms with Crippen LogP contribution in [0.2, 0.25) is 0 Å². The molecule has 1 aliphatic rings. The van der Waals surface area contributed by atoms with Gasteiger partial charge in [0, 0.05) is 26.2 Å². The van der Waals surface area contributed by atoms with E-state index in [1.54, 1.807) is 31.2 Å². The van der Waals surface area contributed by atoms with Crippen LogP contribution in [-0.4, -0.2) is 51.6 Å². The highest BCUT2D eigenvalue weighted by atomic mass is 32.2. The summed E-state index contributed by atoms with van der Waals surface area (Å²) >= 11 is 0. The molecule has 6 nitrogen and oxygen atoms in total. The predicted octanol–water partition coefficient (Wildman–Crippen LogP) is 3.20. The van der Waals surface area contributed by atoms with Gasteiger partial charge in [-0.05, 0) is 61.1 Å². The average Bonchev–Trinajstić information content (AvgIpc) is 2.70. The summed E-state index contributed by atoms with van der Waals surface area (Å²) in [5.41, 5.74) is 2.67. The summed E-state index contributed by atoms with van der Waals surface area (Å²) in [6.07, 6.45) is 0.898. The molecule has 0 aromatic heterocycles. The number of rotatable bonds is 6. The fourth-order valence-corrected chi connectivity index (χ4v) is 6.85. The highest BCUT2D eigenvalue weighted by molar-refractivity contribution is 7.89. The lowest BCUT2D eigenvalue weighted by atomic mass is 10.0. The molecular formula is C22H30N2O4S2. The van der Waals surface area contributed by atoms with Crippen molar-refractivity contribution in [3.8, 4) is 0 Å². The number of benzene rings is 2. The van der Waals surface area contributed by atoms with Gasteiger partial charge in [-0.1, -0.05) is 38.1 Å². The molecule has 30 heavy (non-hydrogen) atoms. The fourth-order valence-electron chi connectivity index (χ4n) is 3.69. The first-order chi connectivity index (χ1) is 14.0. The summed E-state index contributed by atoms with van der Waals surface area (Å²) in [5, 5.41) is 0. The Balaban J connectivity index is 1.73. The van der Waals surface area contributed by atoms with Crippen LogP contribution < -0.4 is 0 Å². The second-order valence-electron chi connectivity index (χ2n) is 8.32. The molecule has 3 rings (SSSR count). The van der Waals surface area contributed by atoms with E-state index in [1.807, 2.05) is 25.1 Å². The molecule has 1 aliphatic heterocycles. The maximum Gasteiger partial charge on any atom is 0.243 e. The van der Waals surface area contributed by atoms with Gasteiger partial charge in [0.2, 0.25) is 20.0 Å². The molecule has 0 amide bonds. The Morgan fingerprint density at radius 3 is 1.87 bits per heavy atom. The van der Waals surface area contributed by atoms with Crippen LogP contribution in [0.5, 0.6) is 0 Å². The Hall–Kier alpha value is -1.74. The molecule has 0 radical (unpaired) electrons. The molecule has 0 aliphatic carbocycles. The molecule has 2 aromatic carbocycles. The zero-order chi connectivity index (χ0) is 22.1. The molecule has 1 fully saturated rings. The Kier molecular flexibility index (Phi) is 6.72. The number of hydrogen-bond donors (Lipinski definition) is 0. The van der Waals surface area contributed by atoms with Crippen molar-refractivity contribution in [2.24, 2.45) is 5.92 Å². The standard InChI is InChI=1S/C22H30N2O4S2/c1-17(2)15-20-7-9-21(10-8-20)29(25,26)23-11-13-24(14-12-23)30(27,28)22-16-18(3)5-6-19(22)4/h5-10,16-17H,11-15H2,1-4H3. The van der Waals surface area contributed by atoms with E-state index in [0.717, 1.165) is 17.5 Å². The third kappa shape index (κ3) is 4.77. The molecule has 8 heteroatoms. The summed E-state index contributed by atoms with van der Waals surface area (Å²) in [4.78, 5) is 0.542. The van der Waals surface area contributed by atoms with Gasteiger partial charge in [0.25, 0.3) is 0 Å². The number of aryl methyl sites for hydroxylation is 2. The normalized spacial score (nSPS) is 16.8. The van der Waals surface area contributed by atoms with E-state index in [4.69, 9.17) is 0 Å². The summed E-state index contributed by atoms with van der Waals surface area (Å²) in [7, 11) is -7.30. The van der Waals surface area contributed by atoms with Crippen LogP contribution in [0.3, 0.4) is 0 Å². The van der Waals surface area contributed by atoms with Gasteiger partial charge in [0.1, 0.15) is 0 Å². The van der Waals surface area contributed by atoms with E-state index in [1.165, 1.54) is 8.61 Å². The number of nitrogens with zero attached hydrogens (tertiary/aromatic N) is 2. The summed E-state index contributed by atoms with van der Waals surface area (Å²) in [6, 6.07) is 12.4. The zero-order valence-corrected chi connectivity index (χ0v) is 19.6. The quantitative estimate of drug-likeness (QED) is 0.677. The maximum atomic E-state index is 13.1. The molecular weight excluding hydrogens is 420 g/mol. The molecule has 0 spiro atoms. The monoisotopic (exact) mass is 450 g/mol. The van der Waals surface area contributed by atoms with Gasteiger partial charge in [-0.2, -0.15) is 8.61 Å². The van der Waals surface area contributed by atoms with E-state index < -0.39 is 20.0 Å². The topological polar surface area (TPSA) is 74.8 Å². The first-order valence-electron chi connectivity index (χ1n) is 10.2. The summed E-state index contributed by atoms with van der Waals surface area (Å²) in [5.74, 6) is 0.500. The second-order valence-corrected chi connectivity index (χ2v) is 12.2. The van der Waals surface area contributed by atoms with E-state index in [-0.39, 0.29) is 31.1 Å². The lowest BCUT2D eigenvalue weighted by Gasteiger charge is -2.33. The Morgan fingerprint density at radius 1 is 0.800 bits per heavy atom. The van der Waals surface area contributed by atoms with E-state index >= 15 is 0 Å². The van der Waals surface area contributed by atoms with Crippen LogP contribution >= 0.6 is 0 Å². The van der Waals surface area contributed by atoms with Gasteiger partial charge in [-0.3, -0.25) is 0 Å². The third-order valence-corrected chi connectivity index (χ3v) is 9.32. The summed E-state index contributed by atoms with van der Waals surface area (Å²) in [6.45, 7) is 8.43. The van der Waals surface area contributed by atoms with Crippen molar-refractivity contribution >= 4 is 20.0 Å². The smallest absolute Gasteiger partial charge is 0.207 e. The molecule has 164 valence electrons. The minimum atomic E-state index is -3.65. The highest BCUT2D eigenvalue weighted by Crippen LogP contribution is 2.25. The molecule has 0 bridgehead atoms. The molecule has 0 atom stereocenters. The van der Waals surface area contributed by atoms with Crippen LogP contribution in [0.25, 0.3) is 0 Å². The average molecular weight is 451 g/mol. The largest absolute Gasteiger partial charge is 0.243 e. The Morgan fingerprint density at radius 2 is 1.33 bits per heavy atom. The van der Waals surface area contributed by atoms with Crippen LogP contribution in [0, 0.1) is 19.8 Å². The third-order valence-electron chi connectivity index (χ3n) is 5.36. The van der Waals surface area contributed by atoms with Gasteiger partial charge < -0.3 is 0 Å². The van der Waals surface area contributed by atoms with Crippen molar-refractivity contribution in [1.29, 1.82) is 0 Å². The first kappa shape index (κ1) is 22.9. The predicted molar refractivity (Wildman–Crippen MR) is 118 cm³/mol. The van der Waals surface area contributed by atoms with Crippen molar-refractivity contribution < 1.29 is 16.8 Å². The molecule has 0 N–H and O–H groups in total. The second kappa shape index (κ2) is 8.78. The number of piperazine rings is 1. The van der Waals surface area contributed by atoms with Crippen molar-refractivity contribution in [3.63, 3.8) is 0 Å². The minimum absolute atomic E-state index is 0.139. The van der Waals surface area contributed by atoms with E-state index in [0.29, 0.717) is 16.4 Å². The van der Waals surface area contributed by atoms with Gasteiger partial charge in [-0.25, -0.2) is 16.8 Å². The fraction of sp³-hybridized carbons (Fsp3) is 0.455. The Bertz CT molecular complexity index is 1100. The van der Waals surface area contributed by atoms with Crippen molar-refractivity contribution in [3.05, 3.63) is 59.2 Å². The van der Waals surface area contributed by atoms with Crippen LogP contribution in [0.1, 0.15) is 30.5 Å². The molecule has 0 saturated carbocycles. The molecule has 2 aromatic rings.